The fraction of sp³-hybridized carbons (Fsp3) is 0.500. The van der Waals surface area contributed by atoms with Crippen molar-refractivity contribution in [1.82, 2.24) is 25.1 Å². The first-order valence-electron chi connectivity index (χ1n) is 11.9. The lowest BCUT2D eigenvalue weighted by Gasteiger charge is -2.38. The van der Waals surface area contributed by atoms with Crippen molar-refractivity contribution in [3.8, 4) is 0 Å². The molecule has 3 aromatic rings. The monoisotopic (exact) mass is 447 g/mol. The van der Waals surface area contributed by atoms with E-state index in [2.05, 4.69) is 81.7 Å². The molecule has 1 saturated carbocycles. The summed E-state index contributed by atoms with van der Waals surface area (Å²) in [4.78, 5) is 3.89. The van der Waals surface area contributed by atoms with Crippen LogP contribution in [-0.4, -0.2) is 37.9 Å². The standard InChI is InChI=1S/C26H33N5S/c1-26(16-9-3-4-10-17-26)31-25(27-28-29-31)24(22-13-7-8-14-23(22)32-2)30-18-15-20-11-5-6-12-21(20)19-30/h5-8,11-14,24H,3-4,9-10,15-19H2,1-2H3. The molecule has 1 atom stereocenters. The molecule has 2 aliphatic rings. The van der Waals surface area contributed by atoms with Gasteiger partial charge in [0.2, 0.25) is 0 Å². The normalized spacial score (nSPS) is 19.8. The maximum Gasteiger partial charge on any atom is 0.173 e. The molecule has 1 fully saturated rings. The molecule has 1 aromatic heterocycles. The van der Waals surface area contributed by atoms with Crippen molar-refractivity contribution in [2.45, 2.75) is 74.9 Å². The second-order valence-corrected chi connectivity index (χ2v) is 10.3. The molecule has 168 valence electrons. The number of tetrazole rings is 1. The Balaban J connectivity index is 1.60. The minimum Gasteiger partial charge on any atom is -0.285 e. The first-order chi connectivity index (χ1) is 15.7. The van der Waals surface area contributed by atoms with E-state index in [9.17, 15) is 0 Å². The molecule has 5 nitrogen and oxygen atoms in total. The minimum absolute atomic E-state index is 0.0183. The van der Waals surface area contributed by atoms with Crippen molar-refractivity contribution in [3.63, 3.8) is 0 Å². The first kappa shape index (κ1) is 21.7. The number of hydrogen-bond donors (Lipinski definition) is 0. The zero-order chi connectivity index (χ0) is 22.0. The molecule has 5 rings (SSSR count). The topological polar surface area (TPSA) is 46.8 Å². The van der Waals surface area contributed by atoms with Crippen LogP contribution in [0.1, 0.15) is 74.0 Å². The fourth-order valence-corrected chi connectivity index (χ4v) is 6.21. The summed E-state index contributed by atoms with van der Waals surface area (Å²) in [6.45, 7) is 4.29. The second-order valence-electron chi connectivity index (χ2n) is 9.49. The number of hydrogen-bond acceptors (Lipinski definition) is 5. The van der Waals surface area contributed by atoms with E-state index in [1.54, 1.807) is 0 Å². The Bertz CT molecular complexity index is 1050. The Morgan fingerprint density at radius 1 is 0.938 bits per heavy atom. The highest BCUT2D eigenvalue weighted by molar-refractivity contribution is 7.98. The summed E-state index contributed by atoms with van der Waals surface area (Å²) in [5, 5.41) is 13.6. The largest absolute Gasteiger partial charge is 0.285 e. The van der Waals surface area contributed by atoms with E-state index in [4.69, 9.17) is 5.10 Å². The predicted octanol–water partition coefficient (Wildman–Crippen LogP) is 5.61. The van der Waals surface area contributed by atoms with E-state index >= 15 is 0 Å². The molecule has 32 heavy (non-hydrogen) atoms. The molecule has 1 aliphatic carbocycles. The molecule has 0 amide bonds. The summed E-state index contributed by atoms with van der Waals surface area (Å²) in [5.74, 6) is 0.996. The molecule has 0 saturated heterocycles. The molecule has 6 heteroatoms. The van der Waals surface area contributed by atoms with Gasteiger partial charge in [0.25, 0.3) is 0 Å². The third-order valence-electron chi connectivity index (χ3n) is 7.39. The highest BCUT2D eigenvalue weighted by atomic mass is 32.2. The van der Waals surface area contributed by atoms with Crippen LogP contribution in [0.15, 0.2) is 53.4 Å². The van der Waals surface area contributed by atoms with E-state index in [-0.39, 0.29) is 11.6 Å². The maximum absolute atomic E-state index is 4.70. The minimum atomic E-state index is -0.0183. The van der Waals surface area contributed by atoms with Gasteiger partial charge in [0.05, 0.1) is 11.6 Å². The third-order valence-corrected chi connectivity index (χ3v) is 8.20. The van der Waals surface area contributed by atoms with E-state index < -0.39 is 0 Å². The van der Waals surface area contributed by atoms with Gasteiger partial charge in [-0.05, 0) is 65.6 Å². The van der Waals surface area contributed by atoms with Gasteiger partial charge in [0.15, 0.2) is 5.82 Å². The van der Waals surface area contributed by atoms with Crippen LogP contribution in [0.25, 0.3) is 0 Å². The van der Waals surface area contributed by atoms with Crippen LogP contribution in [0.4, 0.5) is 0 Å². The molecule has 1 aliphatic heterocycles. The lowest BCUT2D eigenvalue weighted by Crippen LogP contribution is -2.40. The van der Waals surface area contributed by atoms with Crippen molar-refractivity contribution in [1.29, 1.82) is 0 Å². The zero-order valence-electron chi connectivity index (χ0n) is 19.2. The second kappa shape index (κ2) is 9.36. The quantitative estimate of drug-likeness (QED) is 0.376. The van der Waals surface area contributed by atoms with E-state index in [1.807, 2.05) is 11.8 Å². The van der Waals surface area contributed by atoms with Crippen LogP contribution >= 0.6 is 11.8 Å². The first-order valence-corrected chi connectivity index (χ1v) is 13.1. The van der Waals surface area contributed by atoms with Crippen LogP contribution in [0.5, 0.6) is 0 Å². The molecule has 0 N–H and O–H groups in total. The smallest absolute Gasteiger partial charge is 0.173 e. The molecule has 0 bridgehead atoms. The number of aromatic nitrogens is 4. The van der Waals surface area contributed by atoms with Crippen LogP contribution in [0, 0.1) is 0 Å². The van der Waals surface area contributed by atoms with E-state index in [1.165, 1.54) is 47.3 Å². The molecule has 0 radical (unpaired) electrons. The molecule has 2 aromatic carbocycles. The highest BCUT2D eigenvalue weighted by Gasteiger charge is 2.37. The fourth-order valence-electron chi connectivity index (χ4n) is 5.58. The van der Waals surface area contributed by atoms with Crippen molar-refractivity contribution in [2.75, 3.05) is 12.8 Å². The van der Waals surface area contributed by atoms with Crippen LogP contribution in [-0.2, 0) is 18.5 Å². The van der Waals surface area contributed by atoms with Gasteiger partial charge in [-0.25, -0.2) is 4.68 Å². The van der Waals surface area contributed by atoms with Gasteiger partial charge in [-0.1, -0.05) is 68.1 Å². The summed E-state index contributed by atoms with van der Waals surface area (Å²) in [6, 6.07) is 17.7. The molecule has 2 heterocycles. The number of fused-ring (bicyclic) bond motifs is 1. The van der Waals surface area contributed by atoms with E-state index in [0.717, 1.165) is 38.2 Å². The number of nitrogens with zero attached hydrogens (tertiary/aromatic N) is 5. The molecular formula is C26H33N5S. The predicted molar refractivity (Wildman–Crippen MR) is 130 cm³/mol. The van der Waals surface area contributed by atoms with Gasteiger partial charge < -0.3 is 0 Å². The van der Waals surface area contributed by atoms with Gasteiger partial charge in [0, 0.05) is 18.0 Å². The van der Waals surface area contributed by atoms with Gasteiger partial charge >= 0.3 is 0 Å². The Labute approximate surface area is 195 Å². The number of benzene rings is 2. The van der Waals surface area contributed by atoms with Gasteiger partial charge in [-0.2, -0.15) is 0 Å². The Morgan fingerprint density at radius 2 is 1.66 bits per heavy atom. The molecular weight excluding hydrogens is 414 g/mol. The van der Waals surface area contributed by atoms with Gasteiger partial charge in [-0.15, -0.1) is 16.9 Å². The third kappa shape index (κ3) is 4.11. The average molecular weight is 448 g/mol. The molecule has 1 unspecified atom stereocenters. The summed E-state index contributed by atoms with van der Waals surface area (Å²) < 4.78 is 2.20. The maximum atomic E-state index is 4.70. The Morgan fingerprint density at radius 3 is 2.44 bits per heavy atom. The lowest BCUT2D eigenvalue weighted by atomic mass is 9.91. The summed E-state index contributed by atoms with van der Waals surface area (Å²) in [7, 11) is 0. The van der Waals surface area contributed by atoms with Crippen molar-refractivity contribution >= 4 is 11.8 Å². The SMILES string of the molecule is CSc1ccccc1C(c1nnnn1C1(C)CCCCCC1)N1CCc2ccccc2C1. The van der Waals surface area contributed by atoms with Crippen molar-refractivity contribution in [3.05, 3.63) is 71.0 Å². The Kier molecular flexibility index (Phi) is 6.33. The summed E-state index contributed by atoms with van der Waals surface area (Å²) in [5.41, 5.74) is 4.18. The van der Waals surface area contributed by atoms with Gasteiger partial charge in [0.1, 0.15) is 0 Å². The Hall–Kier alpha value is -2.18. The number of rotatable bonds is 5. The van der Waals surface area contributed by atoms with Crippen LogP contribution in [0.3, 0.4) is 0 Å². The lowest BCUT2D eigenvalue weighted by molar-refractivity contribution is 0.170. The van der Waals surface area contributed by atoms with Crippen LogP contribution < -0.4 is 0 Å². The van der Waals surface area contributed by atoms with Crippen LogP contribution in [0.2, 0.25) is 0 Å². The molecule has 0 spiro atoms. The van der Waals surface area contributed by atoms with E-state index in [0.29, 0.717) is 0 Å². The summed E-state index contributed by atoms with van der Waals surface area (Å²) >= 11 is 1.81. The average Bonchev–Trinajstić information content (AvgIpc) is 3.21. The summed E-state index contributed by atoms with van der Waals surface area (Å²) in [6.07, 6.45) is 10.6. The van der Waals surface area contributed by atoms with Gasteiger partial charge in [-0.3, -0.25) is 4.90 Å². The van der Waals surface area contributed by atoms with Crippen molar-refractivity contribution < 1.29 is 0 Å². The zero-order valence-corrected chi connectivity index (χ0v) is 20.0. The number of thioether (sulfide) groups is 1. The highest BCUT2D eigenvalue weighted by Crippen LogP contribution is 2.40. The van der Waals surface area contributed by atoms with Crippen molar-refractivity contribution in [2.24, 2.45) is 0 Å².